The summed E-state index contributed by atoms with van der Waals surface area (Å²) in [6.07, 6.45) is 1.27. The van der Waals surface area contributed by atoms with Gasteiger partial charge in [0.15, 0.2) is 5.69 Å². The summed E-state index contributed by atoms with van der Waals surface area (Å²) in [4.78, 5) is 22.5. The van der Waals surface area contributed by atoms with E-state index >= 15 is 0 Å². The Labute approximate surface area is 109 Å². The molecule has 0 aliphatic rings. The van der Waals surface area contributed by atoms with E-state index in [9.17, 15) is 9.59 Å². The largest absolute Gasteiger partial charge is 0.478 e. The number of benzene rings is 1. The maximum absolute atomic E-state index is 11.7. The molecule has 18 heavy (non-hydrogen) atoms. The predicted molar refractivity (Wildman–Crippen MR) is 65.4 cm³/mol. The van der Waals surface area contributed by atoms with Crippen LogP contribution in [0.4, 0.5) is 5.69 Å². The molecule has 7 nitrogen and oxygen atoms in total. The molecule has 0 radical (unpaired) electrons. The van der Waals surface area contributed by atoms with Gasteiger partial charge in [-0.05, 0) is 34.1 Å². The third-order valence-electron chi connectivity index (χ3n) is 2.11. The second-order valence-corrected chi connectivity index (χ2v) is 4.16. The molecule has 1 amide bonds. The van der Waals surface area contributed by atoms with Gasteiger partial charge in [0.05, 0.1) is 17.4 Å². The van der Waals surface area contributed by atoms with Gasteiger partial charge in [-0.1, -0.05) is 0 Å². The number of aromatic amines is 1. The number of H-pyrrole nitrogens is 1. The SMILES string of the molecule is O=C(O)c1ccc(Br)c(NC(=O)c2cn[nH]n2)c1. The van der Waals surface area contributed by atoms with Crippen LogP contribution in [0.3, 0.4) is 0 Å². The van der Waals surface area contributed by atoms with E-state index in [1.54, 1.807) is 6.07 Å². The number of nitrogens with one attached hydrogen (secondary N) is 2. The van der Waals surface area contributed by atoms with Crippen LogP contribution in [0, 0.1) is 0 Å². The van der Waals surface area contributed by atoms with Crippen molar-refractivity contribution in [1.82, 2.24) is 15.4 Å². The molecule has 2 aromatic rings. The van der Waals surface area contributed by atoms with Gasteiger partial charge >= 0.3 is 5.97 Å². The molecule has 0 aliphatic carbocycles. The van der Waals surface area contributed by atoms with Gasteiger partial charge in [-0.3, -0.25) is 4.79 Å². The molecule has 0 saturated heterocycles. The van der Waals surface area contributed by atoms with Crippen LogP contribution in [0.5, 0.6) is 0 Å². The first-order chi connectivity index (χ1) is 8.58. The number of rotatable bonds is 3. The topological polar surface area (TPSA) is 108 Å². The summed E-state index contributed by atoms with van der Waals surface area (Å²) in [6, 6.07) is 4.32. The van der Waals surface area contributed by atoms with Crippen LogP contribution in [0.15, 0.2) is 28.9 Å². The number of aromatic nitrogens is 3. The maximum Gasteiger partial charge on any atom is 0.335 e. The van der Waals surface area contributed by atoms with E-state index in [0.717, 1.165) is 0 Å². The molecule has 1 aromatic carbocycles. The van der Waals surface area contributed by atoms with E-state index in [-0.39, 0.29) is 11.3 Å². The lowest BCUT2D eigenvalue weighted by Gasteiger charge is -2.06. The molecule has 92 valence electrons. The number of carbonyl (C=O) groups is 2. The van der Waals surface area contributed by atoms with Crippen LogP contribution in [0.1, 0.15) is 20.8 Å². The van der Waals surface area contributed by atoms with Gasteiger partial charge < -0.3 is 10.4 Å². The van der Waals surface area contributed by atoms with E-state index in [1.807, 2.05) is 0 Å². The number of aromatic carboxylic acids is 1. The summed E-state index contributed by atoms with van der Waals surface area (Å²) in [7, 11) is 0. The number of halogens is 1. The first kappa shape index (κ1) is 12.2. The summed E-state index contributed by atoms with van der Waals surface area (Å²) >= 11 is 3.22. The lowest BCUT2D eigenvalue weighted by atomic mass is 10.2. The number of amides is 1. The normalized spacial score (nSPS) is 10.1. The van der Waals surface area contributed by atoms with E-state index in [1.165, 1.54) is 18.3 Å². The van der Waals surface area contributed by atoms with Crippen LogP contribution in [-0.2, 0) is 0 Å². The lowest BCUT2D eigenvalue weighted by molar-refractivity contribution is 0.0696. The molecule has 0 spiro atoms. The van der Waals surface area contributed by atoms with Crippen molar-refractivity contribution in [1.29, 1.82) is 0 Å². The molecular weight excluding hydrogens is 304 g/mol. The van der Waals surface area contributed by atoms with Crippen molar-refractivity contribution in [2.75, 3.05) is 5.32 Å². The second-order valence-electron chi connectivity index (χ2n) is 3.31. The molecule has 8 heteroatoms. The van der Waals surface area contributed by atoms with Crippen molar-refractivity contribution in [3.05, 3.63) is 40.1 Å². The number of anilines is 1. The molecule has 0 saturated carbocycles. The highest BCUT2D eigenvalue weighted by molar-refractivity contribution is 9.10. The monoisotopic (exact) mass is 310 g/mol. The summed E-state index contributed by atoms with van der Waals surface area (Å²) in [5, 5.41) is 20.8. The quantitative estimate of drug-likeness (QED) is 0.796. The Hall–Kier alpha value is -2.22. The Kier molecular flexibility index (Phi) is 3.38. The van der Waals surface area contributed by atoms with Crippen LogP contribution >= 0.6 is 15.9 Å². The number of carbonyl (C=O) groups excluding carboxylic acids is 1. The molecule has 0 unspecified atom stereocenters. The lowest BCUT2D eigenvalue weighted by Crippen LogP contribution is -2.13. The molecule has 2 rings (SSSR count). The first-order valence-corrected chi connectivity index (χ1v) is 5.57. The summed E-state index contributed by atoms with van der Waals surface area (Å²) in [6.45, 7) is 0. The van der Waals surface area contributed by atoms with E-state index in [0.29, 0.717) is 10.2 Å². The van der Waals surface area contributed by atoms with Gasteiger partial charge in [-0.2, -0.15) is 15.4 Å². The van der Waals surface area contributed by atoms with E-state index < -0.39 is 11.9 Å². The third kappa shape index (κ3) is 2.54. The van der Waals surface area contributed by atoms with Gasteiger partial charge in [0.1, 0.15) is 0 Å². The average Bonchev–Trinajstić information content (AvgIpc) is 2.85. The Balaban J connectivity index is 2.26. The van der Waals surface area contributed by atoms with Crippen LogP contribution in [0.25, 0.3) is 0 Å². The minimum Gasteiger partial charge on any atom is -0.478 e. The van der Waals surface area contributed by atoms with Crippen molar-refractivity contribution < 1.29 is 14.7 Å². The Morgan fingerprint density at radius 1 is 1.39 bits per heavy atom. The van der Waals surface area contributed by atoms with Crippen molar-refractivity contribution in [3.8, 4) is 0 Å². The minimum absolute atomic E-state index is 0.0775. The number of carboxylic acid groups (broad SMARTS) is 1. The Bertz CT molecular complexity index is 597. The first-order valence-electron chi connectivity index (χ1n) is 4.78. The van der Waals surface area contributed by atoms with Gasteiger partial charge in [-0.15, -0.1) is 0 Å². The van der Waals surface area contributed by atoms with Gasteiger partial charge in [0.2, 0.25) is 0 Å². The van der Waals surface area contributed by atoms with Gasteiger partial charge in [0, 0.05) is 4.47 Å². The van der Waals surface area contributed by atoms with Crippen molar-refractivity contribution in [2.24, 2.45) is 0 Å². The van der Waals surface area contributed by atoms with Crippen molar-refractivity contribution in [2.45, 2.75) is 0 Å². The Morgan fingerprint density at radius 3 is 2.78 bits per heavy atom. The highest BCUT2D eigenvalue weighted by Gasteiger charge is 2.12. The zero-order valence-electron chi connectivity index (χ0n) is 8.85. The molecule has 0 fully saturated rings. The highest BCUT2D eigenvalue weighted by atomic mass is 79.9. The van der Waals surface area contributed by atoms with Gasteiger partial charge in [-0.25, -0.2) is 4.79 Å². The molecular formula is C10H7BrN4O3. The van der Waals surface area contributed by atoms with Crippen LogP contribution < -0.4 is 5.32 Å². The van der Waals surface area contributed by atoms with Crippen molar-refractivity contribution in [3.63, 3.8) is 0 Å². The molecule has 0 atom stereocenters. The van der Waals surface area contributed by atoms with Crippen molar-refractivity contribution >= 4 is 33.5 Å². The van der Waals surface area contributed by atoms with E-state index in [4.69, 9.17) is 5.11 Å². The molecule has 1 heterocycles. The summed E-state index contributed by atoms with van der Waals surface area (Å²) in [5.41, 5.74) is 0.541. The third-order valence-corrected chi connectivity index (χ3v) is 2.80. The van der Waals surface area contributed by atoms with E-state index in [2.05, 4.69) is 36.7 Å². The van der Waals surface area contributed by atoms with Crippen LogP contribution in [0.2, 0.25) is 0 Å². The van der Waals surface area contributed by atoms with Crippen LogP contribution in [-0.4, -0.2) is 32.4 Å². The summed E-state index contributed by atoms with van der Waals surface area (Å²) < 4.78 is 0.573. The molecule has 3 N–H and O–H groups in total. The molecule has 0 bridgehead atoms. The maximum atomic E-state index is 11.7. The number of nitrogens with zero attached hydrogens (tertiary/aromatic N) is 2. The summed E-state index contributed by atoms with van der Waals surface area (Å²) in [5.74, 6) is -1.55. The fraction of sp³-hybridized carbons (Fsp3) is 0. The standard InChI is InChI=1S/C10H7BrN4O3/c11-6-2-1-5(10(17)18)3-7(6)13-9(16)8-4-12-15-14-8/h1-4H,(H,13,16)(H,17,18)(H,12,14,15). The number of carboxylic acids is 1. The highest BCUT2D eigenvalue weighted by Crippen LogP contribution is 2.24. The van der Waals surface area contributed by atoms with Gasteiger partial charge in [0.25, 0.3) is 5.91 Å². The molecule has 0 aliphatic heterocycles. The predicted octanol–water partition coefficient (Wildman–Crippen LogP) is 1.52. The zero-order valence-corrected chi connectivity index (χ0v) is 10.4. The fourth-order valence-corrected chi connectivity index (χ4v) is 1.60. The smallest absolute Gasteiger partial charge is 0.335 e. The second kappa shape index (κ2) is 4.96. The Morgan fingerprint density at radius 2 is 2.17 bits per heavy atom. The number of hydrogen-bond acceptors (Lipinski definition) is 4. The number of hydrogen-bond donors (Lipinski definition) is 3. The molecule has 1 aromatic heterocycles. The minimum atomic E-state index is -1.07. The zero-order chi connectivity index (χ0) is 13.1. The average molecular weight is 311 g/mol. The fourth-order valence-electron chi connectivity index (χ4n) is 1.25.